The van der Waals surface area contributed by atoms with Gasteiger partial charge in [0.15, 0.2) is 0 Å². The number of hydrogen-bond acceptors (Lipinski definition) is 3. The highest BCUT2D eigenvalue weighted by atomic mass is 35.5. The summed E-state index contributed by atoms with van der Waals surface area (Å²) in [5, 5.41) is 0.499. The Bertz CT molecular complexity index is 545. The van der Waals surface area contributed by atoms with Gasteiger partial charge in [-0.25, -0.2) is 0 Å². The molecular formula is C13H12ClN3O. The van der Waals surface area contributed by atoms with Crippen molar-refractivity contribution in [3.8, 4) is 0 Å². The van der Waals surface area contributed by atoms with E-state index in [1.165, 1.54) is 6.20 Å². The quantitative estimate of drug-likeness (QED) is 0.854. The van der Waals surface area contributed by atoms with E-state index in [9.17, 15) is 4.79 Å². The maximum atomic E-state index is 12.3. The normalized spacial score (nSPS) is 10.1. The minimum Gasteiger partial charge on any atom is -0.307 e. The standard InChI is InChI=1S/C13H12ClN3O/c1-2-17(11-4-6-15-7-5-11)13(18)12-9-10(14)3-8-16-12/h3-9H,2H2,1H3. The first-order chi connectivity index (χ1) is 8.72. The van der Waals surface area contributed by atoms with Gasteiger partial charge in [0.2, 0.25) is 0 Å². The van der Waals surface area contributed by atoms with Crippen molar-refractivity contribution >= 4 is 23.2 Å². The molecule has 0 aromatic carbocycles. The van der Waals surface area contributed by atoms with E-state index in [4.69, 9.17) is 11.6 Å². The summed E-state index contributed by atoms with van der Waals surface area (Å²) in [4.78, 5) is 21.9. The van der Waals surface area contributed by atoms with Gasteiger partial charge in [-0.1, -0.05) is 11.6 Å². The van der Waals surface area contributed by atoms with E-state index >= 15 is 0 Å². The zero-order valence-corrected chi connectivity index (χ0v) is 10.6. The number of aromatic nitrogens is 2. The molecule has 0 bridgehead atoms. The molecule has 0 N–H and O–H groups in total. The monoisotopic (exact) mass is 261 g/mol. The van der Waals surface area contributed by atoms with E-state index in [2.05, 4.69) is 9.97 Å². The van der Waals surface area contributed by atoms with Crippen molar-refractivity contribution in [2.24, 2.45) is 0 Å². The zero-order valence-electron chi connectivity index (χ0n) is 9.88. The number of rotatable bonds is 3. The first kappa shape index (κ1) is 12.5. The summed E-state index contributed by atoms with van der Waals surface area (Å²) in [5.41, 5.74) is 1.13. The summed E-state index contributed by atoms with van der Waals surface area (Å²) in [6.45, 7) is 2.46. The van der Waals surface area contributed by atoms with Crippen molar-refractivity contribution in [2.45, 2.75) is 6.92 Å². The molecule has 92 valence electrons. The lowest BCUT2D eigenvalue weighted by Crippen LogP contribution is -2.31. The van der Waals surface area contributed by atoms with E-state index in [1.54, 1.807) is 41.6 Å². The van der Waals surface area contributed by atoms with Crippen LogP contribution in [0.15, 0.2) is 42.9 Å². The van der Waals surface area contributed by atoms with Gasteiger partial charge in [-0.15, -0.1) is 0 Å². The molecule has 0 spiro atoms. The van der Waals surface area contributed by atoms with Gasteiger partial charge in [0.1, 0.15) is 5.69 Å². The van der Waals surface area contributed by atoms with Crippen LogP contribution in [0.2, 0.25) is 5.02 Å². The zero-order chi connectivity index (χ0) is 13.0. The predicted octanol–water partition coefficient (Wildman–Crippen LogP) is 2.80. The number of pyridine rings is 2. The minimum atomic E-state index is -0.175. The van der Waals surface area contributed by atoms with Crippen molar-refractivity contribution in [3.05, 3.63) is 53.6 Å². The van der Waals surface area contributed by atoms with Crippen LogP contribution in [0.4, 0.5) is 5.69 Å². The van der Waals surface area contributed by atoms with Crippen LogP contribution in [0.1, 0.15) is 17.4 Å². The number of halogens is 1. The number of carbonyl (C=O) groups is 1. The highest BCUT2D eigenvalue weighted by Gasteiger charge is 2.17. The highest BCUT2D eigenvalue weighted by Crippen LogP contribution is 2.16. The fourth-order valence-corrected chi connectivity index (χ4v) is 1.79. The lowest BCUT2D eigenvalue weighted by Gasteiger charge is -2.20. The van der Waals surface area contributed by atoms with Crippen molar-refractivity contribution in [3.63, 3.8) is 0 Å². The molecule has 0 radical (unpaired) electrons. The van der Waals surface area contributed by atoms with Gasteiger partial charge in [-0.2, -0.15) is 0 Å². The van der Waals surface area contributed by atoms with Crippen molar-refractivity contribution in [1.82, 2.24) is 9.97 Å². The minimum absolute atomic E-state index is 0.175. The van der Waals surface area contributed by atoms with Crippen LogP contribution in [-0.4, -0.2) is 22.4 Å². The number of hydrogen-bond donors (Lipinski definition) is 0. The molecule has 2 aromatic heterocycles. The fraction of sp³-hybridized carbons (Fsp3) is 0.154. The highest BCUT2D eigenvalue weighted by molar-refractivity contribution is 6.31. The summed E-state index contributed by atoms with van der Waals surface area (Å²) >= 11 is 5.86. The van der Waals surface area contributed by atoms with Crippen LogP contribution in [0, 0.1) is 0 Å². The van der Waals surface area contributed by atoms with Crippen molar-refractivity contribution in [2.75, 3.05) is 11.4 Å². The molecule has 2 heterocycles. The predicted molar refractivity (Wildman–Crippen MR) is 70.8 cm³/mol. The van der Waals surface area contributed by atoms with Gasteiger partial charge in [0.05, 0.1) is 0 Å². The van der Waals surface area contributed by atoms with Crippen LogP contribution >= 0.6 is 11.6 Å². The molecule has 0 aliphatic rings. The maximum absolute atomic E-state index is 12.3. The Balaban J connectivity index is 2.32. The molecule has 0 aliphatic heterocycles. The molecule has 0 fully saturated rings. The number of anilines is 1. The summed E-state index contributed by atoms with van der Waals surface area (Å²) in [6, 6.07) is 6.77. The molecule has 1 amide bonds. The number of amides is 1. The van der Waals surface area contributed by atoms with Crippen LogP contribution in [0.3, 0.4) is 0 Å². The van der Waals surface area contributed by atoms with Crippen molar-refractivity contribution < 1.29 is 4.79 Å². The van der Waals surface area contributed by atoms with E-state index in [-0.39, 0.29) is 5.91 Å². The maximum Gasteiger partial charge on any atom is 0.276 e. The fourth-order valence-electron chi connectivity index (χ4n) is 1.63. The van der Waals surface area contributed by atoms with Gasteiger partial charge >= 0.3 is 0 Å². The molecule has 0 saturated carbocycles. The molecular weight excluding hydrogens is 250 g/mol. The Hall–Kier alpha value is -1.94. The van der Waals surface area contributed by atoms with Crippen molar-refractivity contribution in [1.29, 1.82) is 0 Å². The van der Waals surface area contributed by atoms with Crippen LogP contribution in [-0.2, 0) is 0 Å². The first-order valence-electron chi connectivity index (χ1n) is 5.56. The Morgan fingerprint density at radius 3 is 2.61 bits per heavy atom. The molecule has 0 unspecified atom stereocenters. The number of carbonyl (C=O) groups excluding carboxylic acids is 1. The summed E-state index contributed by atoms with van der Waals surface area (Å²) in [6.07, 6.45) is 4.82. The molecule has 4 nitrogen and oxygen atoms in total. The molecule has 0 aliphatic carbocycles. The third kappa shape index (κ3) is 2.65. The lowest BCUT2D eigenvalue weighted by atomic mass is 10.2. The largest absolute Gasteiger partial charge is 0.307 e. The average molecular weight is 262 g/mol. The van der Waals surface area contributed by atoms with E-state index < -0.39 is 0 Å². The van der Waals surface area contributed by atoms with Gasteiger partial charge in [0, 0.05) is 35.8 Å². The Morgan fingerprint density at radius 1 is 1.28 bits per heavy atom. The second-order valence-electron chi connectivity index (χ2n) is 3.61. The molecule has 2 aromatic rings. The molecule has 5 heteroatoms. The van der Waals surface area contributed by atoms with E-state index in [1.807, 2.05) is 6.92 Å². The molecule has 18 heavy (non-hydrogen) atoms. The van der Waals surface area contributed by atoms with Crippen LogP contribution in [0.5, 0.6) is 0 Å². The number of nitrogens with zero attached hydrogens (tertiary/aromatic N) is 3. The summed E-state index contributed by atoms with van der Waals surface area (Å²) < 4.78 is 0. The van der Waals surface area contributed by atoms with E-state index in [0.29, 0.717) is 17.3 Å². The summed E-state index contributed by atoms with van der Waals surface area (Å²) in [5.74, 6) is -0.175. The molecule has 2 rings (SSSR count). The van der Waals surface area contributed by atoms with Gasteiger partial charge in [-0.05, 0) is 31.2 Å². The summed E-state index contributed by atoms with van der Waals surface area (Å²) in [7, 11) is 0. The van der Waals surface area contributed by atoms with Gasteiger partial charge in [0.25, 0.3) is 5.91 Å². The smallest absolute Gasteiger partial charge is 0.276 e. The topological polar surface area (TPSA) is 46.1 Å². The van der Waals surface area contributed by atoms with Crippen LogP contribution < -0.4 is 4.90 Å². The SMILES string of the molecule is CCN(C(=O)c1cc(Cl)ccn1)c1ccncc1. The molecule has 0 saturated heterocycles. The van der Waals surface area contributed by atoms with Crippen LogP contribution in [0.25, 0.3) is 0 Å². The Morgan fingerprint density at radius 2 is 2.00 bits per heavy atom. The second-order valence-corrected chi connectivity index (χ2v) is 4.05. The average Bonchev–Trinajstić information content (AvgIpc) is 2.41. The second kappa shape index (κ2) is 5.60. The third-order valence-electron chi connectivity index (χ3n) is 2.48. The Labute approximate surface area is 110 Å². The van der Waals surface area contributed by atoms with Gasteiger partial charge < -0.3 is 4.90 Å². The molecule has 0 atom stereocenters. The third-order valence-corrected chi connectivity index (χ3v) is 2.71. The van der Waals surface area contributed by atoms with Gasteiger partial charge in [-0.3, -0.25) is 14.8 Å². The van der Waals surface area contributed by atoms with E-state index in [0.717, 1.165) is 5.69 Å². The lowest BCUT2D eigenvalue weighted by molar-refractivity contribution is 0.0983. The Kier molecular flexibility index (Phi) is 3.89. The first-order valence-corrected chi connectivity index (χ1v) is 5.93.